The predicted octanol–water partition coefficient (Wildman–Crippen LogP) is 3.44. The first-order valence-corrected chi connectivity index (χ1v) is 15.7. The van der Waals surface area contributed by atoms with Gasteiger partial charge in [-0.15, -0.1) is 0 Å². The van der Waals surface area contributed by atoms with E-state index in [4.69, 9.17) is 5.11 Å². The lowest BCUT2D eigenvalue weighted by Crippen LogP contribution is -2.39. The first-order valence-electron chi connectivity index (χ1n) is 14.0. The zero-order valence-electron chi connectivity index (χ0n) is 22.9. The molecule has 13 heteroatoms. The number of aliphatic hydroxyl groups is 1. The van der Waals surface area contributed by atoms with E-state index >= 15 is 0 Å². The Morgan fingerprint density at radius 2 is 1.66 bits per heavy atom. The molecule has 4 heterocycles. The molecular weight excluding hydrogens is 554 g/mol. The maximum atomic E-state index is 14.1. The van der Waals surface area contributed by atoms with Crippen molar-refractivity contribution in [1.82, 2.24) is 14.5 Å². The smallest absolute Gasteiger partial charge is 0.267 e. The summed E-state index contributed by atoms with van der Waals surface area (Å²) in [5.74, 6) is -2.60. The van der Waals surface area contributed by atoms with Crippen LogP contribution in [0.1, 0.15) is 44.2 Å². The van der Waals surface area contributed by atoms with E-state index < -0.39 is 28.3 Å². The van der Waals surface area contributed by atoms with E-state index in [1.165, 1.54) is 29.8 Å². The van der Waals surface area contributed by atoms with Gasteiger partial charge in [-0.2, -0.15) is 0 Å². The number of aliphatic hydroxyl groups excluding tert-OH is 1. The van der Waals surface area contributed by atoms with Gasteiger partial charge in [0.15, 0.2) is 0 Å². The lowest BCUT2D eigenvalue weighted by Gasteiger charge is -2.34. The molecule has 3 fully saturated rings. The summed E-state index contributed by atoms with van der Waals surface area (Å²) in [6, 6.07) is 6.68. The Morgan fingerprint density at radius 3 is 2.32 bits per heavy atom. The quantitative estimate of drug-likeness (QED) is 0.431. The van der Waals surface area contributed by atoms with Crippen molar-refractivity contribution in [3.63, 3.8) is 0 Å². The molecule has 0 unspecified atom stereocenters. The van der Waals surface area contributed by atoms with Crippen LogP contribution >= 0.6 is 0 Å². The Morgan fingerprint density at radius 1 is 0.976 bits per heavy atom. The average Bonchev–Trinajstić information content (AvgIpc) is 3.66. The number of hydrogen-bond donors (Lipinski definition) is 2. The standard InChI is InChI=1S/C28H34F2N6O4S/c1-19-14-21(17-24(32-19)35-10-6-28(29,30)7-11-35)36-18-31-22-15-20(33-41(39,40)13-12-37)16-23(25(22)26(36)38)34-8-4-27(2-3-27)5-9-34/h14-18,33,37H,2-13H2,1H3. The second-order valence-corrected chi connectivity index (χ2v) is 13.5. The summed E-state index contributed by atoms with van der Waals surface area (Å²) in [5.41, 5.74) is 2.48. The minimum atomic E-state index is -3.79. The maximum absolute atomic E-state index is 14.1. The summed E-state index contributed by atoms with van der Waals surface area (Å²) in [7, 11) is -3.79. The van der Waals surface area contributed by atoms with Gasteiger partial charge in [-0.1, -0.05) is 0 Å². The number of aromatic nitrogens is 3. The SMILES string of the molecule is Cc1cc(-n2cnc3cc(NS(=O)(=O)CCO)cc(N4CCC5(CC4)CC5)c3c2=O)cc(N2CCC(F)(F)CC2)n1. The maximum Gasteiger partial charge on any atom is 0.267 e. The monoisotopic (exact) mass is 588 g/mol. The van der Waals surface area contributed by atoms with Crippen molar-refractivity contribution in [1.29, 1.82) is 0 Å². The number of benzene rings is 1. The predicted molar refractivity (Wildman–Crippen MR) is 154 cm³/mol. The summed E-state index contributed by atoms with van der Waals surface area (Å²) < 4.78 is 56.3. The number of aryl methyl sites for hydroxylation is 1. The largest absolute Gasteiger partial charge is 0.395 e. The van der Waals surface area contributed by atoms with Crippen molar-refractivity contribution < 1.29 is 22.3 Å². The van der Waals surface area contributed by atoms with Crippen molar-refractivity contribution in [2.24, 2.45) is 5.41 Å². The highest BCUT2D eigenvalue weighted by Crippen LogP contribution is 2.54. The van der Waals surface area contributed by atoms with Crippen molar-refractivity contribution in [3.05, 3.63) is 46.6 Å². The molecule has 1 aliphatic carbocycles. The van der Waals surface area contributed by atoms with Crippen LogP contribution in [0, 0.1) is 12.3 Å². The third kappa shape index (κ3) is 5.74. The highest BCUT2D eigenvalue weighted by molar-refractivity contribution is 7.92. The number of hydrogen-bond acceptors (Lipinski definition) is 8. The van der Waals surface area contributed by atoms with Crippen molar-refractivity contribution in [2.75, 3.05) is 53.1 Å². The van der Waals surface area contributed by atoms with E-state index in [0.29, 0.717) is 39.2 Å². The number of nitrogens with zero attached hydrogens (tertiary/aromatic N) is 5. The molecule has 2 aromatic heterocycles. The average molecular weight is 589 g/mol. The van der Waals surface area contributed by atoms with Gasteiger partial charge in [0.2, 0.25) is 10.0 Å². The molecular formula is C28H34F2N6O4S. The van der Waals surface area contributed by atoms with E-state index in [1.807, 2.05) is 4.90 Å². The van der Waals surface area contributed by atoms with Crippen molar-refractivity contribution in [3.8, 4) is 5.69 Å². The minimum absolute atomic E-state index is 0.170. The Labute approximate surface area is 237 Å². The van der Waals surface area contributed by atoms with Gasteiger partial charge in [-0.25, -0.2) is 27.2 Å². The van der Waals surface area contributed by atoms with E-state index in [1.54, 1.807) is 25.1 Å². The van der Waals surface area contributed by atoms with Crippen molar-refractivity contribution in [2.45, 2.75) is 51.4 Å². The van der Waals surface area contributed by atoms with Crippen LogP contribution < -0.4 is 20.1 Å². The van der Waals surface area contributed by atoms with Gasteiger partial charge in [0, 0.05) is 50.8 Å². The fraction of sp³-hybridized carbons (Fsp3) is 0.536. The third-order valence-electron chi connectivity index (χ3n) is 8.62. The Balaban J connectivity index is 1.42. The topological polar surface area (TPSA) is 121 Å². The fourth-order valence-corrected chi connectivity index (χ4v) is 6.78. The molecule has 10 nitrogen and oxygen atoms in total. The first-order chi connectivity index (χ1) is 19.5. The highest BCUT2D eigenvalue weighted by atomic mass is 32.2. The minimum Gasteiger partial charge on any atom is -0.395 e. The van der Waals surface area contributed by atoms with Crippen LogP contribution in [0.15, 0.2) is 35.4 Å². The zero-order valence-corrected chi connectivity index (χ0v) is 23.8. The van der Waals surface area contributed by atoms with Crippen molar-refractivity contribution >= 4 is 38.1 Å². The number of nitrogens with one attached hydrogen (secondary N) is 1. The van der Waals surface area contributed by atoms with Crippen LogP contribution in [-0.2, 0) is 10.0 Å². The van der Waals surface area contributed by atoms with Crippen LogP contribution in [0.2, 0.25) is 0 Å². The molecule has 2 saturated heterocycles. The number of piperidine rings is 2. The zero-order chi connectivity index (χ0) is 29.0. The molecule has 2 aliphatic heterocycles. The molecule has 1 saturated carbocycles. The van der Waals surface area contributed by atoms with Gasteiger partial charge >= 0.3 is 0 Å². The Kier molecular flexibility index (Phi) is 6.92. The number of alkyl halides is 2. The molecule has 0 bridgehead atoms. The molecule has 1 aromatic carbocycles. The molecule has 220 valence electrons. The Bertz CT molecular complexity index is 1640. The van der Waals surface area contributed by atoms with Crippen LogP contribution in [-0.4, -0.2) is 72.5 Å². The van der Waals surface area contributed by atoms with Crippen LogP contribution in [0.25, 0.3) is 16.6 Å². The highest BCUT2D eigenvalue weighted by Gasteiger charge is 2.44. The number of halogens is 2. The van der Waals surface area contributed by atoms with E-state index in [0.717, 1.165) is 25.9 Å². The van der Waals surface area contributed by atoms with Crippen LogP contribution in [0.4, 0.5) is 26.0 Å². The van der Waals surface area contributed by atoms with Gasteiger partial charge in [-0.3, -0.25) is 14.1 Å². The van der Waals surface area contributed by atoms with E-state index in [2.05, 4.69) is 19.6 Å². The second-order valence-electron chi connectivity index (χ2n) is 11.6. The summed E-state index contributed by atoms with van der Waals surface area (Å²) in [4.78, 5) is 27.2. The van der Waals surface area contributed by atoms with Gasteiger partial charge < -0.3 is 14.9 Å². The van der Waals surface area contributed by atoms with E-state index in [-0.39, 0.29) is 37.2 Å². The van der Waals surface area contributed by atoms with Gasteiger partial charge in [-0.05, 0) is 56.2 Å². The van der Waals surface area contributed by atoms with Gasteiger partial charge in [0.25, 0.3) is 11.5 Å². The number of fused-ring (bicyclic) bond motifs is 1. The second kappa shape index (κ2) is 10.2. The van der Waals surface area contributed by atoms with Crippen LogP contribution in [0.5, 0.6) is 0 Å². The molecule has 6 rings (SSSR count). The normalized spacial score (nSPS) is 20.0. The molecule has 41 heavy (non-hydrogen) atoms. The summed E-state index contributed by atoms with van der Waals surface area (Å²) in [6.45, 7) is 3.11. The van der Waals surface area contributed by atoms with Gasteiger partial charge in [0.05, 0.1) is 40.3 Å². The number of pyridine rings is 1. The van der Waals surface area contributed by atoms with E-state index in [9.17, 15) is 22.0 Å². The number of sulfonamides is 1. The Hall–Kier alpha value is -3.32. The molecule has 0 atom stereocenters. The van der Waals surface area contributed by atoms with Crippen LogP contribution in [0.3, 0.4) is 0 Å². The van der Waals surface area contributed by atoms with Gasteiger partial charge in [0.1, 0.15) is 12.1 Å². The molecule has 2 N–H and O–H groups in total. The molecule has 3 aromatic rings. The summed E-state index contributed by atoms with van der Waals surface area (Å²) >= 11 is 0. The lowest BCUT2D eigenvalue weighted by molar-refractivity contribution is -0.0221. The lowest BCUT2D eigenvalue weighted by atomic mass is 9.93. The number of rotatable bonds is 7. The molecule has 1 spiro atoms. The molecule has 3 aliphatic rings. The fourth-order valence-electron chi connectivity index (χ4n) is 5.96. The first kappa shape index (κ1) is 27.8. The summed E-state index contributed by atoms with van der Waals surface area (Å²) in [6.07, 6.45) is 5.35. The number of anilines is 3. The molecule has 0 amide bonds. The third-order valence-corrected chi connectivity index (χ3v) is 9.89. The molecule has 0 radical (unpaired) electrons. The summed E-state index contributed by atoms with van der Waals surface area (Å²) in [5, 5.41) is 9.53.